The molecule has 3 aromatic rings. The zero-order chi connectivity index (χ0) is 21.8. The lowest BCUT2D eigenvalue weighted by atomic mass is 9.99. The van der Waals surface area contributed by atoms with Crippen LogP contribution in [0.3, 0.4) is 0 Å². The number of carboxylic acid groups (broad SMARTS) is 1. The lowest BCUT2D eigenvalue weighted by Crippen LogP contribution is -2.41. The van der Waals surface area contributed by atoms with Gasteiger partial charge in [-0.1, -0.05) is 20.3 Å². The Hall–Kier alpha value is -3.39. The van der Waals surface area contributed by atoms with Crippen LogP contribution in [-0.4, -0.2) is 22.2 Å². The average molecular weight is 415 g/mol. The van der Waals surface area contributed by atoms with Gasteiger partial charge in [-0.3, -0.25) is 14.9 Å². The summed E-state index contributed by atoms with van der Waals surface area (Å²) in [5, 5.41) is 22.8. The first-order chi connectivity index (χ1) is 14.3. The number of benzene rings is 2. The normalized spacial score (nSPS) is 13.2. The lowest BCUT2D eigenvalue weighted by Gasteiger charge is -2.20. The van der Waals surface area contributed by atoms with Crippen LogP contribution >= 0.6 is 0 Å². The molecule has 0 bridgehead atoms. The van der Waals surface area contributed by atoms with E-state index in [1.807, 2.05) is 13.8 Å². The van der Waals surface area contributed by atoms with Crippen LogP contribution in [0, 0.1) is 11.7 Å². The number of aliphatic carboxylic acids is 1. The van der Waals surface area contributed by atoms with Gasteiger partial charge in [0.2, 0.25) is 11.2 Å². The minimum absolute atomic E-state index is 0.00835. The van der Waals surface area contributed by atoms with E-state index in [4.69, 9.17) is 9.15 Å². The number of hydrogen-bond donors (Lipinski definition) is 3. The fraction of sp³-hybridized carbons (Fsp3) is 0.273. The van der Waals surface area contributed by atoms with Crippen molar-refractivity contribution < 1.29 is 28.6 Å². The van der Waals surface area contributed by atoms with E-state index in [9.17, 15) is 24.2 Å². The van der Waals surface area contributed by atoms with Crippen molar-refractivity contribution in [1.82, 2.24) is 5.32 Å². The molecule has 0 saturated heterocycles. The highest BCUT2D eigenvalue weighted by molar-refractivity contribution is 5.83. The Balaban J connectivity index is 1.93. The van der Waals surface area contributed by atoms with E-state index in [0.717, 1.165) is 6.26 Å². The van der Waals surface area contributed by atoms with Crippen molar-refractivity contribution in [2.75, 3.05) is 0 Å². The Labute approximate surface area is 171 Å². The van der Waals surface area contributed by atoms with Crippen LogP contribution < -0.4 is 15.5 Å². The first-order valence-electron chi connectivity index (χ1n) is 9.47. The largest absolute Gasteiger partial charge is 0.507 e. The molecular weight excluding hydrogens is 393 g/mol. The van der Waals surface area contributed by atoms with Crippen molar-refractivity contribution in [3.8, 4) is 17.2 Å². The van der Waals surface area contributed by atoms with Crippen molar-refractivity contribution in [3.05, 3.63) is 64.3 Å². The molecule has 0 radical (unpaired) electrons. The van der Waals surface area contributed by atoms with E-state index in [2.05, 4.69) is 5.32 Å². The predicted molar refractivity (Wildman–Crippen MR) is 108 cm³/mol. The topological polar surface area (TPSA) is 109 Å². The van der Waals surface area contributed by atoms with Gasteiger partial charge in [-0.15, -0.1) is 0 Å². The van der Waals surface area contributed by atoms with Crippen molar-refractivity contribution in [2.24, 2.45) is 5.92 Å². The Morgan fingerprint density at radius 3 is 2.57 bits per heavy atom. The molecule has 2 aromatic carbocycles. The van der Waals surface area contributed by atoms with E-state index in [0.29, 0.717) is 6.42 Å². The number of carboxylic acids is 1. The van der Waals surface area contributed by atoms with E-state index >= 15 is 0 Å². The summed E-state index contributed by atoms with van der Waals surface area (Å²) in [6, 6.07) is 7.10. The van der Waals surface area contributed by atoms with Gasteiger partial charge in [0.15, 0.2) is 0 Å². The minimum atomic E-state index is -1.000. The molecule has 0 fully saturated rings. The first-order valence-corrected chi connectivity index (χ1v) is 9.47. The van der Waals surface area contributed by atoms with Crippen LogP contribution in [0.5, 0.6) is 17.2 Å². The molecule has 0 unspecified atom stereocenters. The quantitative estimate of drug-likeness (QED) is 0.510. The number of phenols is 1. The molecule has 0 saturated carbocycles. The van der Waals surface area contributed by atoms with Gasteiger partial charge in [0.05, 0.1) is 10.9 Å². The molecule has 30 heavy (non-hydrogen) atoms. The molecule has 2 atom stereocenters. The summed E-state index contributed by atoms with van der Waals surface area (Å²) in [6.07, 6.45) is 1.77. The highest BCUT2D eigenvalue weighted by Crippen LogP contribution is 2.28. The summed E-state index contributed by atoms with van der Waals surface area (Å²) < 4.78 is 24.1. The average Bonchev–Trinajstić information content (AvgIpc) is 2.72. The molecule has 7 nitrogen and oxygen atoms in total. The summed E-state index contributed by atoms with van der Waals surface area (Å²) >= 11 is 0. The Morgan fingerprint density at radius 2 is 1.93 bits per heavy atom. The summed E-state index contributed by atoms with van der Waals surface area (Å²) in [5.74, 6) is -1.53. The number of phenolic OH excluding ortho intramolecular Hbond substituents is 1. The minimum Gasteiger partial charge on any atom is -0.507 e. The van der Waals surface area contributed by atoms with Gasteiger partial charge in [-0.2, -0.15) is 0 Å². The van der Waals surface area contributed by atoms with Crippen molar-refractivity contribution in [1.29, 1.82) is 0 Å². The van der Waals surface area contributed by atoms with Gasteiger partial charge in [0.1, 0.15) is 35.2 Å². The Bertz CT molecular complexity index is 1110. The molecule has 8 heteroatoms. The molecule has 1 heterocycles. The fourth-order valence-electron chi connectivity index (χ4n) is 3.08. The molecule has 158 valence electrons. The van der Waals surface area contributed by atoms with Crippen molar-refractivity contribution in [2.45, 2.75) is 32.9 Å². The molecule has 3 N–H and O–H groups in total. The SMILES string of the molecule is CC[C@@H](C)[C@@H](NCc1c(O)ccc2c(=O)c(Oc3ccc(F)cc3)coc12)C(=O)O. The monoisotopic (exact) mass is 415 g/mol. The van der Waals surface area contributed by atoms with E-state index in [1.165, 1.54) is 36.4 Å². The second kappa shape index (κ2) is 8.96. The number of nitrogens with one attached hydrogen (secondary N) is 1. The Kier molecular flexibility index (Phi) is 6.37. The standard InChI is InChI=1S/C22H22FNO6/c1-3-12(2)19(22(27)28)24-10-16-17(25)9-8-15-20(26)18(11-29-21(15)16)30-14-6-4-13(23)5-7-14/h4-9,11-12,19,24-25H,3,10H2,1-2H3,(H,27,28)/t12-,19-/m1/s1. The lowest BCUT2D eigenvalue weighted by molar-refractivity contribution is -0.140. The third-order valence-corrected chi connectivity index (χ3v) is 5.01. The number of aromatic hydroxyl groups is 1. The van der Waals surface area contributed by atoms with Gasteiger partial charge >= 0.3 is 5.97 Å². The maximum atomic E-state index is 13.0. The van der Waals surface area contributed by atoms with E-state index in [1.54, 1.807) is 0 Å². The number of rotatable bonds is 8. The molecule has 1 aromatic heterocycles. The number of fused-ring (bicyclic) bond motifs is 1. The third-order valence-electron chi connectivity index (χ3n) is 5.01. The van der Waals surface area contributed by atoms with Gasteiger partial charge in [0.25, 0.3) is 0 Å². The molecule has 0 aliphatic heterocycles. The van der Waals surface area contributed by atoms with Gasteiger partial charge in [0, 0.05) is 6.54 Å². The maximum absolute atomic E-state index is 13.0. The maximum Gasteiger partial charge on any atom is 0.320 e. The molecule has 0 aliphatic rings. The highest BCUT2D eigenvalue weighted by atomic mass is 19.1. The number of hydrogen-bond acceptors (Lipinski definition) is 6. The zero-order valence-corrected chi connectivity index (χ0v) is 16.5. The molecule has 3 rings (SSSR count). The van der Waals surface area contributed by atoms with E-state index < -0.39 is 23.3 Å². The fourth-order valence-corrected chi connectivity index (χ4v) is 3.08. The van der Waals surface area contributed by atoms with Crippen LogP contribution in [-0.2, 0) is 11.3 Å². The molecule has 0 spiro atoms. The third kappa shape index (κ3) is 4.44. The number of carbonyl (C=O) groups is 1. The Morgan fingerprint density at radius 1 is 1.23 bits per heavy atom. The van der Waals surface area contributed by atoms with Gasteiger partial charge in [-0.05, 0) is 42.3 Å². The second-order valence-corrected chi connectivity index (χ2v) is 7.01. The number of halogens is 1. The predicted octanol–water partition coefficient (Wildman–Crippen LogP) is 4.02. The van der Waals surface area contributed by atoms with Crippen LogP contribution in [0.25, 0.3) is 11.0 Å². The highest BCUT2D eigenvalue weighted by Gasteiger charge is 2.24. The van der Waals surface area contributed by atoms with Crippen LogP contribution in [0.4, 0.5) is 4.39 Å². The van der Waals surface area contributed by atoms with Crippen LogP contribution in [0.2, 0.25) is 0 Å². The van der Waals surface area contributed by atoms with Gasteiger partial charge in [-0.25, -0.2) is 4.39 Å². The van der Waals surface area contributed by atoms with Crippen LogP contribution in [0.15, 0.2) is 51.9 Å². The summed E-state index contributed by atoms with van der Waals surface area (Å²) in [7, 11) is 0. The van der Waals surface area contributed by atoms with E-state index in [-0.39, 0.29) is 46.2 Å². The number of ether oxygens (including phenoxy) is 1. The van der Waals surface area contributed by atoms with Crippen molar-refractivity contribution >= 4 is 16.9 Å². The molecule has 0 aliphatic carbocycles. The summed E-state index contributed by atoms with van der Waals surface area (Å²) in [6.45, 7) is 3.69. The summed E-state index contributed by atoms with van der Waals surface area (Å²) in [5.41, 5.74) is -0.0710. The van der Waals surface area contributed by atoms with Crippen LogP contribution in [0.1, 0.15) is 25.8 Å². The summed E-state index contributed by atoms with van der Waals surface area (Å²) in [4.78, 5) is 24.3. The zero-order valence-electron chi connectivity index (χ0n) is 16.5. The van der Waals surface area contributed by atoms with Crippen molar-refractivity contribution in [3.63, 3.8) is 0 Å². The smallest absolute Gasteiger partial charge is 0.320 e. The molecule has 0 amide bonds. The first kappa shape index (κ1) is 21.3. The van der Waals surface area contributed by atoms with Gasteiger partial charge < -0.3 is 19.4 Å². The molecular formula is C22H22FNO6. The second-order valence-electron chi connectivity index (χ2n) is 7.01.